The molecule has 2 aromatic carbocycles. The highest BCUT2D eigenvalue weighted by Gasteiger charge is 2.19. The molecular weight excluding hydrogens is 270 g/mol. The Hall–Kier alpha value is -2.34. The molecule has 0 aliphatic heterocycles. The van der Waals surface area contributed by atoms with Crippen LogP contribution in [0.2, 0.25) is 0 Å². The quantitative estimate of drug-likeness (QED) is 0.699. The topological polar surface area (TPSA) is 9.23 Å². The first-order valence-electron chi connectivity index (χ1n) is 6.60. The van der Waals surface area contributed by atoms with Crippen LogP contribution in [0.3, 0.4) is 0 Å². The SMILES string of the molecule is CC(C)(C)Oc1c(F)cc(C#Cc2ccccc2)cc1F. The second kappa shape index (κ2) is 5.97. The normalized spacial score (nSPS) is 10.7. The van der Waals surface area contributed by atoms with Gasteiger partial charge in [-0.05, 0) is 45.0 Å². The molecule has 0 amide bonds. The maximum atomic E-state index is 13.9. The molecule has 0 radical (unpaired) electrons. The summed E-state index contributed by atoms with van der Waals surface area (Å²) >= 11 is 0. The minimum absolute atomic E-state index is 0.273. The Morgan fingerprint density at radius 1 is 0.857 bits per heavy atom. The molecule has 0 saturated heterocycles. The van der Waals surface area contributed by atoms with Crippen molar-refractivity contribution < 1.29 is 13.5 Å². The second-order valence-electron chi connectivity index (χ2n) is 5.60. The Morgan fingerprint density at radius 3 is 1.90 bits per heavy atom. The summed E-state index contributed by atoms with van der Waals surface area (Å²) in [6.45, 7) is 5.19. The van der Waals surface area contributed by atoms with Gasteiger partial charge in [-0.2, -0.15) is 0 Å². The molecule has 1 nitrogen and oxygen atoms in total. The van der Waals surface area contributed by atoms with Gasteiger partial charge >= 0.3 is 0 Å². The molecule has 0 aliphatic carbocycles. The van der Waals surface area contributed by atoms with Gasteiger partial charge in [0.15, 0.2) is 17.4 Å². The molecule has 3 heteroatoms. The van der Waals surface area contributed by atoms with Crippen molar-refractivity contribution in [1.82, 2.24) is 0 Å². The minimum atomic E-state index is -0.748. The Bertz CT molecular complexity index is 666. The van der Waals surface area contributed by atoms with E-state index in [4.69, 9.17) is 4.74 Å². The van der Waals surface area contributed by atoms with E-state index in [1.54, 1.807) is 20.8 Å². The van der Waals surface area contributed by atoms with Gasteiger partial charge in [0.25, 0.3) is 0 Å². The number of ether oxygens (including phenoxy) is 1. The zero-order valence-corrected chi connectivity index (χ0v) is 12.2. The third kappa shape index (κ3) is 4.32. The van der Waals surface area contributed by atoms with Gasteiger partial charge in [-0.3, -0.25) is 0 Å². The number of hydrogen-bond donors (Lipinski definition) is 0. The average molecular weight is 286 g/mol. The summed E-state index contributed by atoms with van der Waals surface area (Å²) < 4.78 is 33.2. The van der Waals surface area contributed by atoms with Crippen molar-refractivity contribution in [2.45, 2.75) is 26.4 Å². The van der Waals surface area contributed by atoms with Crippen LogP contribution in [0, 0.1) is 23.5 Å². The fraction of sp³-hybridized carbons (Fsp3) is 0.222. The van der Waals surface area contributed by atoms with E-state index in [1.165, 1.54) is 12.1 Å². The number of rotatable bonds is 1. The first kappa shape index (κ1) is 15.1. The molecule has 0 aromatic heterocycles. The van der Waals surface area contributed by atoms with E-state index in [0.29, 0.717) is 0 Å². The maximum Gasteiger partial charge on any atom is 0.191 e. The van der Waals surface area contributed by atoms with Crippen LogP contribution >= 0.6 is 0 Å². The summed E-state index contributed by atoms with van der Waals surface area (Å²) in [6, 6.07) is 11.6. The van der Waals surface area contributed by atoms with Crippen LogP contribution in [0.15, 0.2) is 42.5 Å². The second-order valence-corrected chi connectivity index (χ2v) is 5.60. The fourth-order valence-electron chi connectivity index (χ4n) is 1.70. The van der Waals surface area contributed by atoms with Gasteiger partial charge in [-0.15, -0.1) is 0 Å². The van der Waals surface area contributed by atoms with Crippen molar-refractivity contribution in [1.29, 1.82) is 0 Å². The Morgan fingerprint density at radius 2 is 1.38 bits per heavy atom. The van der Waals surface area contributed by atoms with Crippen LogP contribution in [-0.4, -0.2) is 5.60 Å². The monoisotopic (exact) mass is 286 g/mol. The smallest absolute Gasteiger partial charge is 0.191 e. The van der Waals surface area contributed by atoms with Gasteiger partial charge in [-0.1, -0.05) is 30.0 Å². The predicted molar refractivity (Wildman–Crippen MR) is 79.2 cm³/mol. The van der Waals surface area contributed by atoms with Crippen LogP contribution in [-0.2, 0) is 0 Å². The summed E-state index contributed by atoms with van der Waals surface area (Å²) in [5, 5.41) is 0. The summed E-state index contributed by atoms with van der Waals surface area (Å²) in [7, 11) is 0. The first-order valence-corrected chi connectivity index (χ1v) is 6.60. The summed E-state index contributed by atoms with van der Waals surface area (Å²) in [6.07, 6.45) is 0. The van der Waals surface area contributed by atoms with E-state index in [9.17, 15) is 8.78 Å². The van der Waals surface area contributed by atoms with Crippen LogP contribution < -0.4 is 4.74 Å². The molecule has 108 valence electrons. The highest BCUT2D eigenvalue weighted by atomic mass is 19.1. The maximum absolute atomic E-state index is 13.9. The Labute approximate surface area is 123 Å². The van der Waals surface area contributed by atoms with E-state index >= 15 is 0 Å². The number of hydrogen-bond acceptors (Lipinski definition) is 1. The molecule has 2 rings (SSSR count). The summed E-state index contributed by atoms with van der Waals surface area (Å²) in [4.78, 5) is 0. The zero-order chi connectivity index (χ0) is 15.5. The van der Waals surface area contributed by atoms with Gasteiger partial charge < -0.3 is 4.74 Å². The van der Waals surface area contributed by atoms with Crippen LogP contribution in [0.25, 0.3) is 0 Å². The minimum Gasteiger partial charge on any atom is -0.482 e. The van der Waals surface area contributed by atoms with Crippen LogP contribution in [0.4, 0.5) is 8.78 Å². The van der Waals surface area contributed by atoms with Crippen molar-refractivity contribution >= 4 is 0 Å². The molecule has 0 N–H and O–H groups in total. The van der Waals surface area contributed by atoms with Gasteiger partial charge in [0.05, 0.1) is 0 Å². The zero-order valence-electron chi connectivity index (χ0n) is 12.2. The van der Waals surface area contributed by atoms with Crippen molar-refractivity contribution in [3.05, 3.63) is 65.2 Å². The molecule has 0 saturated carbocycles. The molecule has 0 unspecified atom stereocenters. The molecule has 0 aliphatic rings. The molecule has 0 fully saturated rings. The fourth-order valence-corrected chi connectivity index (χ4v) is 1.70. The largest absolute Gasteiger partial charge is 0.482 e. The van der Waals surface area contributed by atoms with Crippen molar-refractivity contribution in [2.75, 3.05) is 0 Å². The lowest BCUT2D eigenvalue weighted by atomic mass is 10.1. The lowest BCUT2D eigenvalue weighted by Gasteiger charge is -2.21. The predicted octanol–water partition coefficient (Wildman–Crippen LogP) is 4.54. The Balaban J connectivity index is 2.31. The van der Waals surface area contributed by atoms with Crippen molar-refractivity contribution in [3.63, 3.8) is 0 Å². The number of benzene rings is 2. The van der Waals surface area contributed by atoms with Crippen LogP contribution in [0.5, 0.6) is 5.75 Å². The van der Waals surface area contributed by atoms with E-state index in [0.717, 1.165) is 5.56 Å². The molecular formula is C18H16F2O. The van der Waals surface area contributed by atoms with Crippen molar-refractivity contribution in [2.24, 2.45) is 0 Å². The third-order valence-electron chi connectivity index (χ3n) is 2.53. The lowest BCUT2D eigenvalue weighted by Crippen LogP contribution is -2.24. The molecule has 21 heavy (non-hydrogen) atoms. The van der Waals surface area contributed by atoms with Gasteiger partial charge in [0.1, 0.15) is 5.60 Å². The summed E-state index contributed by atoms with van der Waals surface area (Å²) in [5.74, 6) is 3.74. The number of halogens is 2. The first-order chi connectivity index (χ1) is 9.85. The van der Waals surface area contributed by atoms with Gasteiger partial charge in [0, 0.05) is 11.1 Å². The highest BCUT2D eigenvalue weighted by Crippen LogP contribution is 2.26. The van der Waals surface area contributed by atoms with Gasteiger partial charge in [0.2, 0.25) is 0 Å². The van der Waals surface area contributed by atoms with Gasteiger partial charge in [-0.25, -0.2) is 8.78 Å². The molecule has 0 heterocycles. The average Bonchev–Trinajstić information content (AvgIpc) is 2.41. The molecule has 0 bridgehead atoms. The van der Waals surface area contributed by atoms with E-state index < -0.39 is 17.2 Å². The molecule has 0 atom stereocenters. The lowest BCUT2D eigenvalue weighted by molar-refractivity contribution is 0.117. The molecule has 2 aromatic rings. The van der Waals surface area contributed by atoms with Crippen LogP contribution in [0.1, 0.15) is 31.9 Å². The van der Waals surface area contributed by atoms with E-state index in [2.05, 4.69) is 11.8 Å². The van der Waals surface area contributed by atoms with E-state index in [-0.39, 0.29) is 11.3 Å². The third-order valence-corrected chi connectivity index (χ3v) is 2.53. The Kier molecular flexibility index (Phi) is 4.28. The molecule has 0 spiro atoms. The summed E-state index contributed by atoms with van der Waals surface area (Å²) in [5.41, 5.74) is 0.391. The van der Waals surface area contributed by atoms with Crippen molar-refractivity contribution in [3.8, 4) is 17.6 Å². The highest BCUT2D eigenvalue weighted by molar-refractivity contribution is 5.45. The standard InChI is InChI=1S/C18H16F2O/c1-18(2,3)21-17-15(19)11-14(12-16(17)20)10-9-13-7-5-4-6-8-13/h4-8,11-12H,1-3H3. The van der Waals surface area contributed by atoms with E-state index in [1.807, 2.05) is 30.3 Å².